The van der Waals surface area contributed by atoms with E-state index in [2.05, 4.69) is 0 Å². The summed E-state index contributed by atoms with van der Waals surface area (Å²) in [6.07, 6.45) is 2.76. The minimum atomic E-state index is -0.332. The van der Waals surface area contributed by atoms with E-state index in [1.165, 1.54) is 29.4 Å². The summed E-state index contributed by atoms with van der Waals surface area (Å²) in [4.78, 5) is 29.6. The summed E-state index contributed by atoms with van der Waals surface area (Å²) in [7, 11) is 3.87. The lowest BCUT2D eigenvalue weighted by Crippen LogP contribution is -2.27. The molecule has 0 aliphatic carbocycles. The molecular formula is C21H14Cl2N2O3S2. The van der Waals surface area contributed by atoms with E-state index in [4.69, 9.17) is 39.8 Å². The molecule has 1 amide bonds. The minimum Gasteiger partial charge on any atom is -0.462 e. The van der Waals surface area contributed by atoms with Crippen molar-refractivity contribution in [3.8, 4) is 0 Å². The van der Waals surface area contributed by atoms with Crippen molar-refractivity contribution in [1.82, 2.24) is 0 Å². The third kappa shape index (κ3) is 3.74. The van der Waals surface area contributed by atoms with Crippen LogP contribution in [-0.2, 0) is 4.79 Å². The van der Waals surface area contributed by atoms with Gasteiger partial charge in [-0.15, -0.1) is 0 Å². The van der Waals surface area contributed by atoms with Crippen LogP contribution in [0.1, 0.15) is 5.56 Å². The maximum Gasteiger partial charge on any atom is 0.270 e. The molecule has 0 atom stereocenters. The Labute approximate surface area is 191 Å². The van der Waals surface area contributed by atoms with E-state index in [1.54, 1.807) is 0 Å². The number of thiocarbonyl (C=S) groups is 1. The Balaban J connectivity index is 1.72. The largest absolute Gasteiger partial charge is 0.462 e. The number of amides is 1. The van der Waals surface area contributed by atoms with Crippen LogP contribution in [0.5, 0.6) is 0 Å². The predicted octanol–water partition coefficient (Wildman–Crippen LogP) is 5.57. The molecule has 1 aliphatic rings. The summed E-state index contributed by atoms with van der Waals surface area (Å²) in [5.41, 5.74) is 1.80. The van der Waals surface area contributed by atoms with Gasteiger partial charge in [-0.05, 0) is 42.5 Å². The normalized spacial score (nSPS) is 15.5. The van der Waals surface area contributed by atoms with Gasteiger partial charge >= 0.3 is 0 Å². The molecule has 1 saturated heterocycles. The maximum atomic E-state index is 13.0. The first kappa shape index (κ1) is 20.9. The first-order chi connectivity index (χ1) is 14.3. The van der Waals surface area contributed by atoms with Gasteiger partial charge in [0.15, 0.2) is 15.3 Å². The monoisotopic (exact) mass is 476 g/mol. The van der Waals surface area contributed by atoms with Gasteiger partial charge in [-0.2, -0.15) is 0 Å². The lowest BCUT2D eigenvalue weighted by molar-refractivity contribution is -0.113. The highest BCUT2D eigenvalue weighted by molar-refractivity contribution is 8.27. The van der Waals surface area contributed by atoms with Crippen LogP contribution in [0.15, 0.2) is 56.8 Å². The highest BCUT2D eigenvalue weighted by atomic mass is 35.5. The molecule has 3 aromatic rings. The number of carbonyl (C=O) groups is 1. The molecule has 1 aliphatic heterocycles. The van der Waals surface area contributed by atoms with E-state index in [0.29, 0.717) is 19.9 Å². The minimum absolute atomic E-state index is 0.212. The second-order valence-corrected chi connectivity index (χ2v) is 9.23. The smallest absolute Gasteiger partial charge is 0.270 e. The third-order valence-electron chi connectivity index (χ3n) is 4.52. The van der Waals surface area contributed by atoms with Crippen molar-refractivity contribution < 1.29 is 9.21 Å². The standard InChI is InChI=1S/C21H14Cl2N2O3S2/c1-24(2)13-3-5-14(6-4-13)25-20(27)17(30-21(25)29)7-11-10-28-19-15(18(11)26)8-12(22)9-16(19)23/h3-10H,1-2H3/b17-7-. The Kier molecular flexibility index (Phi) is 5.63. The average molecular weight is 477 g/mol. The maximum absolute atomic E-state index is 13.0. The molecule has 0 N–H and O–H groups in total. The quantitative estimate of drug-likeness (QED) is 0.363. The molecule has 0 spiro atoms. The van der Waals surface area contributed by atoms with Crippen molar-refractivity contribution >= 4 is 85.8 Å². The molecule has 30 heavy (non-hydrogen) atoms. The zero-order valence-electron chi connectivity index (χ0n) is 15.8. The molecule has 9 heteroatoms. The van der Waals surface area contributed by atoms with Crippen LogP contribution in [0.4, 0.5) is 11.4 Å². The van der Waals surface area contributed by atoms with Crippen LogP contribution in [0.2, 0.25) is 10.0 Å². The summed E-state index contributed by atoms with van der Waals surface area (Å²) in [6, 6.07) is 10.5. The molecule has 0 saturated carbocycles. The second kappa shape index (κ2) is 8.07. The van der Waals surface area contributed by atoms with Gasteiger partial charge in [0.2, 0.25) is 0 Å². The molecule has 5 nitrogen and oxygen atoms in total. The van der Waals surface area contributed by atoms with Gasteiger partial charge in [-0.25, -0.2) is 0 Å². The number of rotatable bonds is 3. The van der Waals surface area contributed by atoms with E-state index in [-0.39, 0.29) is 32.9 Å². The molecule has 2 heterocycles. The number of fused-ring (bicyclic) bond motifs is 1. The molecule has 152 valence electrons. The van der Waals surface area contributed by atoms with Crippen LogP contribution in [0, 0.1) is 0 Å². The lowest BCUT2D eigenvalue weighted by atomic mass is 10.1. The fourth-order valence-electron chi connectivity index (χ4n) is 3.01. The summed E-state index contributed by atoms with van der Waals surface area (Å²) >= 11 is 18.6. The number of thioether (sulfide) groups is 1. The SMILES string of the molecule is CN(C)c1ccc(N2C(=O)/C(=C/c3coc4c(Cl)cc(Cl)cc4c3=O)SC2=S)cc1. The van der Waals surface area contributed by atoms with Gasteiger partial charge in [0.25, 0.3) is 5.91 Å². The van der Waals surface area contributed by atoms with E-state index in [9.17, 15) is 9.59 Å². The number of carbonyl (C=O) groups excluding carboxylic acids is 1. The van der Waals surface area contributed by atoms with Crippen LogP contribution in [0.25, 0.3) is 17.0 Å². The van der Waals surface area contributed by atoms with Gasteiger partial charge in [-0.3, -0.25) is 14.5 Å². The summed E-state index contributed by atoms with van der Waals surface area (Å²) in [6.45, 7) is 0. The number of nitrogens with zero attached hydrogens (tertiary/aromatic N) is 2. The van der Waals surface area contributed by atoms with Crippen molar-refractivity contribution in [3.63, 3.8) is 0 Å². The average Bonchev–Trinajstić information content (AvgIpc) is 2.97. The Hall–Kier alpha value is -2.32. The summed E-state index contributed by atoms with van der Waals surface area (Å²) in [5, 5.41) is 0.814. The molecule has 1 fully saturated rings. The predicted molar refractivity (Wildman–Crippen MR) is 129 cm³/mol. The van der Waals surface area contributed by atoms with Gasteiger partial charge in [0.1, 0.15) is 6.26 Å². The third-order valence-corrected chi connectivity index (χ3v) is 6.32. The molecule has 0 bridgehead atoms. The van der Waals surface area contributed by atoms with E-state index in [1.807, 2.05) is 43.3 Å². The van der Waals surface area contributed by atoms with Crippen molar-refractivity contribution in [2.75, 3.05) is 23.9 Å². The highest BCUT2D eigenvalue weighted by Gasteiger charge is 2.33. The zero-order valence-corrected chi connectivity index (χ0v) is 19.0. The highest BCUT2D eigenvalue weighted by Crippen LogP contribution is 2.36. The Morgan fingerprint density at radius 2 is 1.83 bits per heavy atom. The first-order valence-corrected chi connectivity index (χ1v) is 10.7. The topological polar surface area (TPSA) is 53.8 Å². The number of anilines is 2. The van der Waals surface area contributed by atoms with Gasteiger partial charge in [-0.1, -0.05) is 47.2 Å². The number of halogens is 2. The van der Waals surface area contributed by atoms with Gasteiger partial charge < -0.3 is 9.32 Å². The van der Waals surface area contributed by atoms with Crippen molar-refractivity contribution in [2.45, 2.75) is 0 Å². The Morgan fingerprint density at radius 1 is 1.13 bits per heavy atom. The van der Waals surface area contributed by atoms with Crippen molar-refractivity contribution in [3.05, 3.63) is 73.4 Å². The van der Waals surface area contributed by atoms with Gasteiger partial charge in [0, 0.05) is 24.8 Å². The first-order valence-electron chi connectivity index (χ1n) is 8.72. The van der Waals surface area contributed by atoms with Crippen LogP contribution >= 0.6 is 47.2 Å². The second-order valence-electron chi connectivity index (χ2n) is 6.71. The van der Waals surface area contributed by atoms with E-state index in [0.717, 1.165) is 17.4 Å². The zero-order chi connectivity index (χ0) is 21.6. The number of hydrogen-bond acceptors (Lipinski definition) is 6. The van der Waals surface area contributed by atoms with E-state index >= 15 is 0 Å². The molecule has 1 aromatic heterocycles. The Morgan fingerprint density at radius 3 is 2.50 bits per heavy atom. The molecule has 4 rings (SSSR count). The molecule has 0 unspecified atom stereocenters. The van der Waals surface area contributed by atoms with E-state index < -0.39 is 0 Å². The molecule has 2 aromatic carbocycles. The number of hydrogen-bond donors (Lipinski definition) is 0. The fourth-order valence-corrected chi connectivity index (χ4v) is 4.84. The van der Waals surface area contributed by atoms with Crippen LogP contribution in [-0.4, -0.2) is 24.3 Å². The van der Waals surface area contributed by atoms with Crippen LogP contribution in [0.3, 0.4) is 0 Å². The van der Waals surface area contributed by atoms with Crippen molar-refractivity contribution in [1.29, 1.82) is 0 Å². The lowest BCUT2D eigenvalue weighted by Gasteiger charge is -2.17. The Bertz CT molecular complexity index is 1280. The summed E-state index contributed by atoms with van der Waals surface area (Å²) < 4.78 is 5.91. The van der Waals surface area contributed by atoms with Crippen LogP contribution < -0.4 is 15.2 Å². The summed E-state index contributed by atoms with van der Waals surface area (Å²) in [5.74, 6) is -0.300. The molecular weight excluding hydrogens is 463 g/mol. The van der Waals surface area contributed by atoms with Gasteiger partial charge in [0.05, 0.1) is 26.6 Å². The fraction of sp³-hybridized carbons (Fsp3) is 0.0952. The van der Waals surface area contributed by atoms with Crippen molar-refractivity contribution in [2.24, 2.45) is 0 Å². The number of benzene rings is 2. The molecule has 0 radical (unpaired) electrons.